The van der Waals surface area contributed by atoms with Crippen LogP contribution in [0.3, 0.4) is 0 Å². The highest BCUT2D eigenvalue weighted by molar-refractivity contribution is 9.10. The lowest BCUT2D eigenvalue weighted by molar-refractivity contribution is 0.371. The van der Waals surface area contributed by atoms with Crippen LogP contribution in [0.4, 0.5) is 4.39 Å². The van der Waals surface area contributed by atoms with Gasteiger partial charge in [-0.3, -0.25) is 4.57 Å². The summed E-state index contributed by atoms with van der Waals surface area (Å²) in [6.07, 6.45) is 4.69. The number of nitrogens with one attached hydrogen (secondary N) is 1. The molecule has 0 aliphatic heterocycles. The van der Waals surface area contributed by atoms with E-state index in [1.54, 1.807) is 23.9 Å². The molecule has 2 aromatic carbocycles. The molecule has 0 bridgehead atoms. The first-order valence-electron chi connectivity index (χ1n) is 9.75. The number of halogens is 2. The van der Waals surface area contributed by atoms with E-state index in [-0.39, 0.29) is 12.0 Å². The average molecular weight is 504 g/mol. The molecule has 0 fully saturated rings. The van der Waals surface area contributed by atoms with E-state index in [2.05, 4.69) is 45.5 Å². The summed E-state index contributed by atoms with van der Waals surface area (Å²) in [6.45, 7) is 0.762. The molecule has 0 atom stereocenters. The van der Waals surface area contributed by atoms with Gasteiger partial charge in [-0.15, -0.1) is 11.8 Å². The molecule has 0 radical (unpaired) electrons. The molecule has 0 saturated heterocycles. The number of benzene rings is 2. The second-order valence-corrected chi connectivity index (χ2v) is 10.7. The number of hydrogen-bond acceptors (Lipinski definition) is 3. The predicted molar refractivity (Wildman–Crippen MR) is 122 cm³/mol. The third-order valence-corrected chi connectivity index (χ3v) is 7.39. The Labute approximate surface area is 185 Å². The molecule has 0 spiro atoms. The molecule has 2 rings (SSSR count). The van der Waals surface area contributed by atoms with Gasteiger partial charge in [0.05, 0.1) is 6.16 Å². The van der Waals surface area contributed by atoms with Gasteiger partial charge >= 0.3 is 7.60 Å². The van der Waals surface area contributed by atoms with Crippen LogP contribution in [0.25, 0.3) is 0 Å². The van der Waals surface area contributed by atoms with Crippen LogP contribution in [-0.2, 0) is 17.5 Å². The molecular formula is C21H28BrFNO3PS. The molecular weight excluding hydrogens is 476 g/mol. The third kappa shape index (κ3) is 10.3. The van der Waals surface area contributed by atoms with E-state index >= 15 is 0 Å². The van der Waals surface area contributed by atoms with E-state index < -0.39 is 7.60 Å². The zero-order valence-corrected chi connectivity index (χ0v) is 19.6. The third-order valence-electron chi connectivity index (χ3n) is 4.43. The number of rotatable bonds is 13. The summed E-state index contributed by atoms with van der Waals surface area (Å²) in [5.41, 5.74) is 1.91. The summed E-state index contributed by atoms with van der Waals surface area (Å²) in [5.74, 6) is 0.689. The number of unbranched alkanes of at least 4 members (excludes halogenated alkanes) is 2. The molecule has 29 heavy (non-hydrogen) atoms. The van der Waals surface area contributed by atoms with Crippen LogP contribution in [0.5, 0.6) is 0 Å². The molecule has 0 unspecified atom stereocenters. The van der Waals surface area contributed by atoms with Gasteiger partial charge in [0.2, 0.25) is 0 Å². The highest BCUT2D eigenvalue weighted by atomic mass is 79.9. The first-order valence-corrected chi connectivity index (χ1v) is 13.3. The quantitative estimate of drug-likeness (QED) is 0.184. The van der Waals surface area contributed by atoms with Crippen LogP contribution in [0, 0.1) is 5.82 Å². The maximum atomic E-state index is 14.3. The smallest absolute Gasteiger partial charge is 0.324 e. The van der Waals surface area contributed by atoms with Crippen LogP contribution in [0.2, 0.25) is 0 Å². The van der Waals surface area contributed by atoms with Crippen molar-refractivity contribution in [1.29, 1.82) is 0 Å². The zero-order chi connectivity index (χ0) is 21.1. The van der Waals surface area contributed by atoms with Crippen LogP contribution >= 0.6 is 35.3 Å². The van der Waals surface area contributed by atoms with E-state index in [1.165, 1.54) is 5.56 Å². The fraction of sp³-hybridized carbons (Fsp3) is 0.429. The Balaban J connectivity index is 1.68. The molecule has 0 saturated carbocycles. The van der Waals surface area contributed by atoms with E-state index in [4.69, 9.17) is 9.79 Å². The lowest BCUT2D eigenvalue weighted by Crippen LogP contribution is -2.16. The maximum absolute atomic E-state index is 14.3. The molecule has 0 amide bonds. The van der Waals surface area contributed by atoms with Crippen molar-refractivity contribution in [2.24, 2.45) is 0 Å². The Bertz CT molecular complexity index is 804. The standard InChI is InChI=1S/C21H28BrFNO3PS/c22-19-14-18(16-24-11-7-12-28(25,26)27)20(23)15-21(19)29-13-6-2-5-10-17-8-3-1-4-9-17/h1,3-4,8-9,14-15,24H,2,5-7,10-13,16H2,(H2,25,26,27). The first-order chi connectivity index (χ1) is 13.8. The minimum absolute atomic E-state index is 0.160. The average Bonchev–Trinajstić information content (AvgIpc) is 2.67. The van der Waals surface area contributed by atoms with Gasteiger partial charge in [-0.05, 0) is 71.6 Å². The van der Waals surface area contributed by atoms with E-state index in [0.717, 1.165) is 40.8 Å². The van der Waals surface area contributed by atoms with Crippen LogP contribution in [0.1, 0.15) is 36.8 Å². The SMILES string of the molecule is O=P(O)(O)CCCNCc1cc(Br)c(SCCCCCc2ccccc2)cc1F. The van der Waals surface area contributed by atoms with Gasteiger partial charge in [0, 0.05) is 21.5 Å². The number of thioether (sulfide) groups is 1. The monoisotopic (exact) mass is 503 g/mol. The largest absolute Gasteiger partial charge is 0.325 e. The fourth-order valence-electron chi connectivity index (χ4n) is 2.88. The second-order valence-electron chi connectivity index (χ2n) is 6.94. The molecule has 3 N–H and O–H groups in total. The minimum Gasteiger partial charge on any atom is -0.324 e. The van der Waals surface area contributed by atoms with Crippen LogP contribution in [-0.4, -0.2) is 28.2 Å². The summed E-state index contributed by atoms with van der Waals surface area (Å²) >= 11 is 5.18. The highest BCUT2D eigenvalue weighted by Crippen LogP contribution is 2.34. The molecule has 0 aliphatic carbocycles. The van der Waals surface area contributed by atoms with E-state index in [0.29, 0.717) is 25.1 Å². The van der Waals surface area contributed by atoms with Crippen molar-refractivity contribution in [3.05, 3.63) is 63.9 Å². The Morgan fingerprint density at radius 1 is 1.07 bits per heavy atom. The Kier molecular flexibility index (Phi) is 10.9. The van der Waals surface area contributed by atoms with Crippen molar-refractivity contribution in [3.63, 3.8) is 0 Å². The van der Waals surface area contributed by atoms with Crippen molar-refractivity contribution in [2.45, 2.75) is 43.5 Å². The minimum atomic E-state index is -3.96. The highest BCUT2D eigenvalue weighted by Gasteiger charge is 2.12. The lowest BCUT2D eigenvalue weighted by atomic mass is 10.1. The van der Waals surface area contributed by atoms with Gasteiger partial charge < -0.3 is 15.1 Å². The molecule has 0 aromatic heterocycles. The molecule has 8 heteroatoms. The summed E-state index contributed by atoms with van der Waals surface area (Å²) in [6, 6.07) is 13.8. The summed E-state index contributed by atoms with van der Waals surface area (Å²) in [4.78, 5) is 18.6. The molecule has 160 valence electrons. The second kappa shape index (κ2) is 12.9. The van der Waals surface area contributed by atoms with Gasteiger partial charge in [-0.2, -0.15) is 0 Å². The van der Waals surface area contributed by atoms with Gasteiger partial charge in [0.25, 0.3) is 0 Å². The summed E-state index contributed by atoms with van der Waals surface area (Å²) in [5, 5.41) is 3.03. The van der Waals surface area contributed by atoms with Crippen molar-refractivity contribution < 1.29 is 18.7 Å². The topological polar surface area (TPSA) is 69.6 Å². The van der Waals surface area contributed by atoms with Gasteiger partial charge in [-0.25, -0.2) is 4.39 Å². The first kappa shape index (κ1) is 24.6. The molecule has 0 aliphatic rings. The van der Waals surface area contributed by atoms with Crippen molar-refractivity contribution in [3.8, 4) is 0 Å². The molecule has 4 nitrogen and oxygen atoms in total. The summed E-state index contributed by atoms with van der Waals surface area (Å²) < 4.78 is 26.0. The van der Waals surface area contributed by atoms with Crippen molar-refractivity contribution in [1.82, 2.24) is 5.32 Å². The Hall–Kier alpha value is -0.690. The van der Waals surface area contributed by atoms with Crippen molar-refractivity contribution >= 4 is 35.3 Å². The van der Waals surface area contributed by atoms with Gasteiger partial charge in [0.15, 0.2) is 0 Å². The molecule has 0 heterocycles. The Morgan fingerprint density at radius 2 is 1.83 bits per heavy atom. The summed E-state index contributed by atoms with van der Waals surface area (Å²) in [7, 11) is -3.96. The zero-order valence-electron chi connectivity index (χ0n) is 16.3. The van der Waals surface area contributed by atoms with Gasteiger partial charge in [0.1, 0.15) is 5.82 Å². The molecule has 2 aromatic rings. The fourth-order valence-corrected chi connectivity index (χ4v) is 5.14. The number of hydrogen-bond donors (Lipinski definition) is 3. The Morgan fingerprint density at radius 3 is 2.55 bits per heavy atom. The van der Waals surface area contributed by atoms with Crippen molar-refractivity contribution in [2.75, 3.05) is 18.5 Å². The number of aryl methyl sites for hydroxylation is 1. The van der Waals surface area contributed by atoms with E-state index in [9.17, 15) is 8.96 Å². The predicted octanol–water partition coefficient (Wildman–Crippen LogP) is 5.75. The maximum Gasteiger partial charge on any atom is 0.325 e. The van der Waals surface area contributed by atoms with Crippen LogP contribution < -0.4 is 5.32 Å². The van der Waals surface area contributed by atoms with E-state index in [1.807, 2.05) is 6.07 Å². The van der Waals surface area contributed by atoms with Gasteiger partial charge in [-0.1, -0.05) is 36.8 Å². The van der Waals surface area contributed by atoms with Crippen LogP contribution in [0.15, 0.2) is 51.8 Å². The normalized spacial score (nSPS) is 11.7. The lowest BCUT2D eigenvalue weighted by Gasteiger charge is -2.10.